The minimum absolute atomic E-state index is 0.208. The topological polar surface area (TPSA) is 63.2 Å². The number of aromatic nitrogens is 1. The van der Waals surface area contributed by atoms with Crippen molar-refractivity contribution in [2.45, 2.75) is 25.4 Å². The summed E-state index contributed by atoms with van der Waals surface area (Å²) in [5.41, 5.74) is 2.21. The molecule has 5 nitrogen and oxygen atoms in total. The average molecular weight is 394 g/mol. The third-order valence-corrected chi connectivity index (χ3v) is 4.84. The second-order valence-electron chi connectivity index (χ2n) is 6.19. The van der Waals surface area contributed by atoms with Crippen molar-refractivity contribution in [3.05, 3.63) is 57.8 Å². The van der Waals surface area contributed by atoms with Crippen molar-refractivity contribution in [1.82, 2.24) is 10.3 Å². The van der Waals surface area contributed by atoms with Gasteiger partial charge >= 0.3 is 0 Å². The van der Waals surface area contributed by atoms with E-state index in [9.17, 15) is 4.79 Å². The number of anilines is 1. The normalized spacial score (nSPS) is 16.5. The second-order valence-corrected chi connectivity index (χ2v) is 7.03. The molecule has 2 aromatic rings. The van der Waals surface area contributed by atoms with E-state index in [0.29, 0.717) is 28.7 Å². The van der Waals surface area contributed by atoms with Crippen LogP contribution in [0.4, 0.5) is 5.69 Å². The van der Waals surface area contributed by atoms with Gasteiger partial charge in [0, 0.05) is 29.7 Å². The number of carbonyl (C=O) groups is 1. The maximum absolute atomic E-state index is 12.2. The number of amides is 1. The fourth-order valence-corrected chi connectivity index (χ4v) is 3.30. The standard InChI is InChI=1S/C19H21Cl2N3O2/c20-14-4-3-13(17(21)10-14)7-8-22-19(25)18-6-5-15(11-24-18)23-12-16-2-1-9-26-16/h3-6,10-11,16,23H,1-2,7-9,12H2,(H,22,25). The Morgan fingerprint density at radius 2 is 2.15 bits per heavy atom. The van der Waals surface area contributed by atoms with Gasteiger partial charge in [-0.25, -0.2) is 4.98 Å². The van der Waals surface area contributed by atoms with Crippen LogP contribution in [0.5, 0.6) is 0 Å². The predicted octanol–water partition coefficient (Wildman–Crippen LogP) is 3.95. The van der Waals surface area contributed by atoms with Crippen molar-refractivity contribution in [2.75, 3.05) is 25.0 Å². The lowest BCUT2D eigenvalue weighted by Gasteiger charge is -2.12. The van der Waals surface area contributed by atoms with Crippen LogP contribution in [0.1, 0.15) is 28.9 Å². The van der Waals surface area contributed by atoms with Crippen LogP contribution >= 0.6 is 23.2 Å². The molecular weight excluding hydrogens is 373 g/mol. The van der Waals surface area contributed by atoms with Crippen LogP contribution in [-0.2, 0) is 11.2 Å². The Labute approximate surface area is 163 Å². The summed E-state index contributed by atoms with van der Waals surface area (Å²) in [4.78, 5) is 16.4. The molecule has 26 heavy (non-hydrogen) atoms. The number of hydrogen-bond acceptors (Lipinski definition) is 4. The lowest BCUT2D eigenvalue weighted by Crippen LogP contribution is -2.26. The van der Waals surface area contributed by atoms with E-state index in [0.717, 1.165) is 37.2 Å². The van der Waals surface area contributed by atoms with Crippen molar-refractivity contribution < 1.29 is 9.53 Å². The largest absolute Gasteiger partial charge is 0.381 e. The van der Waals surface area contributed by atoms with E-state index in [1.54, 1.807) is 24.4 Å². The molecule has 1 atom stereocenters. The summed E-state index contributed by atoms with van der Waals surface area (Å²) in [6.07, 6.45) is 4.75. The molecule has 138 valence electrons. The molecule has 0 spiro atoms. The van der Waals surface area contributed by atoms with Gasteiger partial charge in [-0.1, -0.05) is 29.3 Å². The fourth-order valence-electron chi connectivity index (χ4n) is 2.80. The molecule has 1 aliphatic rings. The van der Waals surface area contributed by atoms with E-state index in [2.05, 4.69) is 15.6 Å². The molecule has 1 aliphatic heterocycles. The summed E-state index contributed by atoms with van der Waals surface area (Å²) in [6.45, 7) is 2.07. The molecule has 0 aliphatic carbocycles. The molecule has 1 unspecified atom stereocenters. The summed E-state index contributed by atoms with van der Waals surface area (Å²) >= 11 is 12.0. The maximum Gasteiger partial charge on any atom is 0.269 e. The van der Waals surface area contributed by atoms with Gasteiger partial charge in [-0.05, 0) is 49.1 Å². The minimum atomic E-state index is -0.208. The van der Waals surface area contributed by atoms with Gasteiger partial charge in [-0.2, -0.15) is 0 Å². The number of ether oxygens (including phenoxy) is 1. The Morgan fingerprint density at radius 3 is 2.85 bits per heavy atom. The Bertz CT molecular complexity index is 747. The zero-order valence-electron chi connectivity index (χ0n) is 14.3. The molecule has 0 bridgehead atoms. The Kier molecular flexibility index (Phi) is 6.72. The molecule has 1 amide bonds. The minimum Gasteiger partial charge on any atom is -0.381 e. The van der Waals surface area contributed by atoms with Gasteiger partial charge in [-0.3, -0.25) is 4.79 Å². The SMILES string of the molecule is O=C(NCCc1ccc(Cl)cc1Cl)c1ccc(NCC2CCCO2)cn1. The highest BCUT2D eigenvalue weighted by Crippen LogP contribution is 2.21. The molecule has 2 heterocycles. The van der Waals surface area contributed by atoms with E-state index < -0.39 is 0 Å². The van der Waals surface area contributed by atoms with Gasteiger partial charge in [0.05, 0.1) is 18.0 Å². The zero-order valence-corrected chi connectivity index (χ0v) is 15.8. The first kappa shape index (κ1) is 19.0. The van der Waals surface area contributed by atoms with Crippen molar-refractivity contribution in [3.63, 3.8) is 0 Å². The molecule has 1 saturated heterocycles. The van der Waals surface area contributed by atoms with E-state index in [1.807, 2.05) is 12.1 Å². The monoisotopic (exact) mass is 393 g/mol. The number of carbonyl (C=O) groups excluding carboxylic acids is 1. The molecule has 7 heteroatoms. The lowest BCUT2D eigenvalue weighted by molar-refractivity contribution is 0.0949. The van der Waals surface area contributed by atoms with Crippen LogP contribution in [0.15, 0.2) is 36.5 Å². The van der Waals surface area contributed by atoms with Crippen molar-refractivity contribution >= 4 is 34.8 Å². The number of pyridine rings is 1. The van der Waals surface area contributed by atoms with Crippen LogP contribution < -0.4 is 10.6 Å². The van der Waals surface area contributed by atoms with Gasteiger partial charge in [0.2, 0.25) is 0 Å². The number of benzene rings is 1. The highest BCUT2D eigenvalue weighted by molar-refractivity contribution is 6.35. The van der Waals surface area contributed by atoms with Crippen LogP contribution in [0.3, 0.4) is 0 Å². The fraction of sp³-hybridized carbons (Fsp3) is 0.368. The van der Waals surface area contributed by atoms with Gasteiger partial charge in [-0.15, -0.1) is 0 Å². The Morgan fingerprint density at radius 1 is 1.27 bits per heavy atom. The Balaban J connectivity index is 1.45. The van der Waals surface area contributed by atoms with Crippen molar-refractivity contribution in [3.8, 4) is 0 Å². The van der Waals surface area contributed by atoms with Crippen LogP contribution in [0.2, 0.25) is 10.0 Å². The molecule has 1 fully saturated rings. The molecule has 0 saturated carbocycles. The van der Waals surface area contributed by atoms with Gasteiger partial charge < -0.3 is 15.4 Å². The Hall–Kier alpha value is -1.82. The van der Waals surface area contributed by atoms with Crippen molar-refractivity contribution in [1.29, 1.82) is 0 Å². The number of nitrogens with zero attached hydrogens (tertiary/aromatic N) is 1. The zero-order chi connectivity index (χ0) is 18.4. The van der Waals surface area contributed by atoms with E-state index in [1.165, 1.54) is 0 Å². The molecule has 2 N–H and O–H groups in total. The number of hydrogen-bond donors (Lipinski definition) is 2. The summed E-state index contributed by atoms with van der Waals surface area (Å²) in [7, 11) is 0. The summed E-state index contributed by atoms with van der Waals surface area (Å²) in [5, 5.41) is 7.34. The van der Waals surface area contributed by atoms with Crippen molar-refractivity contribution in [2.24, 2.45) is 0 Å². The maximum atomic E-state index is 12.2. The average Bonchev–Trinajstić information content (AvgIpc) is 3.16. The van der Waals surface area contributed by atoms with Gasteiger partial charge in [0.1, 0.15) is 5.69 Å². The third kappa shape index (κ3) is 5.34. The second kappa shape index (κ2) is 9.21. The number of nitrogens with one attached hydrogen (secondary N) is 2. The number of rotatable bonds is 7. The number of halogens is 2. The predicted molar refractivity (Wildman–Crippen MR) is 104 cm³/mol. The molecule has 0 radical (unpaired) electrons. The first-order valence-electron chi connectivity index (χ1n) is 8.65. The summed E-state index contributed by atoms with van der Waals surface area (Å²) in [5.74, 6) is -0.208. The van der Waals surface area contributed by atoms with E-state index >= 15 is 0 Å². The molecule has 3 rings (SSSR count). The van der Waals surface area contributed by atoms with E-state index in [-0.39, 0.29) is 12.0 Å². The molecule has 1 aromatic heterocycles. The first-order valence-corrected chi connectivity index (χ1v) is 9.41. The first-order chi connectivity index (χ1) is 12.6. The van der Waals surface area contributed by atoms with Crippen LogP contribution in [0, 0.1) is 0 Å². The van der Waals surface area contributed by atoms with Crippen LogP contribution in [-0.4, -0.2) is 36.7 Å². The van der Waals surface area contributed by atoms with Gasteiger partial charge in [0.25, 0.3) is 5.91 Å². The van der Waals surface area contributed by atoms with Crippen LogP contribution in [0.25, 0.3) is 0 Å². The summed E-state index contributed by atoms with van der Waals surface area (Å²) < 4.78 is 5.57. The molecular formula is C19H21Cl2N3O2. The highest BCUT2D eigenvalue weighted by Gasteiger charge is 2.15. The molecule has 1 aromatic carbocycles. The lowest BCUT2D eigenvalue weighted by atomic mass is 10.1. The smallest absolute Gasteiger partial charge is 0.269 e. The van der Waals surface area contributed by atoms with E-state index in [4.69, 9.17) is 27.9 Å². The van der Waals surface area contributed by atoms with Gasteiger partial charge in [0.15, 0.2) is 0 Å². The summed E-state index contributed by atoms with van der Waals surface area (Å²) in [6, 6.07) is 8.91. The quantitative estimate of drug-likeness (QED) is 0.747. The third-order valence-electron chi connectivity index (χ3n) is 4.25. The highest BCUT2D eigenvalue weighted by atomic mass is 35.5.